The van der Waals surface area contributed by atoms with Gasteiger partial charge in [0.05, 0.1) is 14.2 Å². The van der Waals surface area contributed by atoms with Gasteiger partial charge in [0.25, 0.3) is 5.60 Å². The highest BCUT2D eigenvalue weighted by atomic mass is 19.4. The normalized spacial score (nSPS) is 13.9. The van der Waals surface area contributed by atoms with Crippen LogP contribution in [0.15, 0.2) is 24.3 Å². The third kappa shape index (κ3) is 3.39. The minimum Gasteiger partial charge on any atom is -0.466 e. The second kappa shape index (κ2) is 6.86. The summed E-state index contributed by atoms with van der Waals surface area (Å²) in [6.45, 7) is 1.86. The predicted molar refractivity (Wildman–Crippen MR) is 73.8 cm³/mol. The summed E-state index contributed by atoms with van der Waals surface area (Å²) < 4.78 is 47.9. The van der Waals surface area contributed by atoms with Crippen LogP contribution in [0, 0.1) is 0 Å². The Kier molecular flexibility index (Phi) is 5.60. The van der Waals surface area contributed by atoms with Gasteiger partial charge in [-0.05, 0) is 19.1 Å². The van der Waals surface area contributed by atoms with Gasteiger partial charge in [-0.3, -0.25) is 4.90 Å². The Morgan fingerprint density at radius 2 is 1.65 bits per heavy atom. The van der Waals surface area contributed by atoms with Gasteiger partial charge in [-0.1, -0.05) is 12.1 Å². The maximum atomic E-state index is 13.1. The van der Waals surface area contributed by atoms with Crippen LogP contribution in [-0.4, -0.2) is 44.1 Å². The van der Waals surface area contributed by atoms with Crippen molar-refractivity contribution in [1.82, 2.24) is 0 Å². The molecular formula is C14H16F3NO5. The van der Waals surface area contributed by atoms with Crippen LogP contribution >= 0.6 is 0 Å². The lowest BCUT2D eigenvalue weighted by molar-refractivity contribution is -0.266. The Morgan fingerprint density at radius 3 is 2.00 bits per heavy atom. The van der Waals surface area contributed by atoms with E-state index in [-0.39, 0.29) is 12.2 Å². The van der Waals surface area contributed by atoms with Crippen LogP contribution in [0.3, 0.4) is 0 Å². The number of amides is 1. The lowest BCUT2D eigenvalue weighted by Gasteiger charge is -2.28. The number of carbonyl (C=O) groups is 2. The topological polar surface area (TPSA) is 76.1 Å². The Bertz CT molecular complexity index is 573. The molecule has 0 radical (unpaired) electrons. The number of halogens is 3. The van der Waals surface area contributed by atoms with E-state index in [1.54, 1.807) is 6.92 Å². The number of ether oxygens (including phenoxy) is 2. The number of alkyl halides is 3. The fourth-order valence-electron chi connectivity index (χ4n) is 1.95. The van der Waals surface area contributed by atoms with Gasteiger partial charge < -0.3 is 14.6 Å². The Balaban J connectivity index is 3.29. The van der Waals surface area contributed by atoms with Crippen LogP contribution in [0.1, 0.15) is 12.5 Å². The van der Waals surface area contributed by atoms with Gasteiger partial charge in [0.15, 0.2) is 0 Å². The van der Waals surface area contributed by atoms with Crippen molar-refractivity contribution in [2.75, 3.05) is 25.7 Å². The van der Waals surface area contributed by atoms with Crippen LogP contribution in [-0.2, 0) is 19.9 Å². The first kappa shape index (κ1) is 18.8. The molecule has 1 rings (SSSR count). The summed E-state index contributed by atoms with van der Waals surface area (Å²) in [7, 11) is 1.91. The molecule has 23 heavy (non-hydrogen) atoms. The smallest absolute Gasteiger partial charge is 0.432 e. The molecule has 1 aromatic rings. The largest absolute Gasteiger partial charge is 0.466 e. The molecule has 0 aliphatic rings. The van der Waals surface area contributed by atoms with Gasteiger partial charge in [-0.25, -0.2) is 9.59 Å². The van der Waals surface area contributed by atoms with Gasteiger partial charge in [0.1, 0.15) is 0 Å². The van der Waals surface area contributed by atoms with E-state index in [0.717, 1.165) is 36.3 Å². The molecule has 0 heterocycles. The number of anilines is 1. The summed E-state index contributed by atoms with van der Waals surface area (Å²) in [5, 5.41) is 9.82. The van der Waals surface area contributed by atoms with Crippen molar-refractivity contribution in [3.05, 3.63) is 29.8 Å². The fourth-order valence-corrected chi connectivity index (χ4v) is 1.95. The van der Waals surface area contributed by atoms with Crippen LogP contribution in [0.5, 0.6) is 0 Å². The van der Waals surface area contributed by atoms with E-state index in [1.165, 1.54) is 7.11 Å². The quantitative estimate of drug-likeness (QED) is 0.854. The first-order valence-corrected chi connectivity index (χ1v) is 6.47. The number of methoxy groups -OCH3 is 2. The van der Waals surface area contributed by atoms with Crippen molar-refractivity contribution in [1.29, 1.82) is 0 Å². The zero-order valence-electron chi connectivity index (χ0n) is 12.7. The number of nitrogens with zero attached hydrogens (tertiary/aromatic N) is 1. The monoisotopic (exact) mass is 335 g/mol. The molecule has 0 aromatic heterocycles. The first-order valence-electron chi connectivity index (χ1n) is 6.47. The molecule has 9 heteroatoms. The standard InChI is InChI=1S/C14H16F3NO5/c1-4-18(12(20)23-3)10-7-5-9(6-8-10)13(21,11(19)22-2)14(15,16)17/h5-8,21H,4H2,1-3H3. The Morgan fingerprint density at radius 1 is 1.13 bits per heavy atom. The van der Waals surface area contributed by atoms with Crippen LogP contribution in [0.25, 0.3) is 0 Å². The van der Waals surface area contributed by atoms with E-state index < -0.39 is 29.4 Å². The van der Waals surface area contributed by atoms with Crippen LogP contribution in [0.2, 0.25) is 0 Å². The van der Waals surface area contributed by atoms with E-state index >= 15 is 0 Å². The highest BCUT2D eigenvalue weighted by Crippen LogP contribution is 2.40. The second-order valence-corrected chi connectivity index (χ2v) is 4.46. The Hall–Kier alpha value is -2.29. The number of hydrogen-bond acceptors (Lipinski definition) is 5. The number of benzene rings is 1. The summed E-state index contributed by atoms with van der Waals surface area (Å²) in [6, 6.07) is 4.11. The Labute approximate surface area is 130 Å². The molecular weight excluding hydrogens is 319 g/mol. The average Bonchev–Trinajstić information content (AvgIpc) is 2.53. The minimum atomic E-state index is -5.27. The van der Waals surface area contributed by atoms with Crippen molar-refractivity contribution in [3.8, 4) is 0 Å². The summed E-state index contributed by atoms with van der Waals surface area (Å²) >= 11 is 0. The number of esters is 1. The number of hydrogen-bond donors (Lipinski definition) is 1. The summed E-state index contributed by atoms with van der Waals surface area (Å²) in [4.78, 5) is 24.1. The van der Waals surface area contributed by atoms with Crippen molar-refractivity contribution in [3.63, 3.8) is 0 Å². The molecule has 1 unspecified atom stereocenters. The van der Waals surface area contributed by atoms with Crippen LogP contribution < -0.4 is 4.90 Å². The summed E-state index contributed by atoms with van der Waals surface area (Å²) in [5.41, 5.74) is -4.26. The van der Waals surface area contributed by atoms with Crippen molar-refractivity contribution >= 4 is 17.7 Å². The van der Waals surface area contributed by atoms with Gasteiger partial charge >= 0.3 is 18.2 Å². The summed E-state index contributed by atoms with van der Waals surface area (Å²) in [6.07, 6.45) is -5.96. The summed E-state index contributed by atoms with van der Waals surface area (Å²) in [5.74, 6) is -1.85. The highest BCUT2D eigenvalue weighted by Gasteiger charge is 2.62. The average molecular weight is 335 g/mol. The number of rotatable bonds is 4. The predicted octanol–water partition coefficient (Wildman–Crippen LogP) is 2.20. The zero-order valence-corrected chi connectivity index (χ0v) is 12.7. The van der Waals surface area contributed by atoms with Crippen molar-refractivity contribution in [2.45, 2.75) is 18.7 Å². The van der Waals surface area contributed by atoms with Gasteiger partial charge in [-0.2, -0.15) is 13.2 Å². The van der Waals surface area contributed by atoms with E-state index in [1.807, 2.05) is 0 Å². The van der Waals surface area contributed by atoms with Gasteiger partial charge in [0, 0.05) is 17.8 Å². The van der Waals surface area contributed by atoms with Crippen molar-refractivity contribution < 1.29 is 37.3 Å². The zero-order chi connectivity index (χ0) is 17.8. The molecule has 0 saturated carbocycles. The molecule has 6 nitrogen and oxygen atoms in total. The lowest BCUT2D eigenvalue weighted by Crippen LogP contribution is -2.49. The number of aliphatic hydroxyl groups is 1. The SMILES string of the molecule is CCN(C(=O)OC)c1ccc(C(O)(C(=O)OC)C(F)(F)F)cc1. The molecule has 1 amide bonds. The van der Waals surface area contributed by atoms with E-state index in [9.17, 15) is 27.9 Å². The van der Waals surface area contributed by atoms with E-state index in [2.05, 4.69) is 9.47 Å². The fraction of sp³-hybridized carbons (Fsp3) is 0.429. The van der Waals surface area contributed by atoms with Crippen molar-refractivity contribution in [2.24, 2.45) is 0 Å². The molecule has 0 bridgehead atoms. The maximum absolute atomic E-state index is 13.1. The highest BCUT2D eigenvalue weighted by molar-refractivity contribution is 5.88. The van der Waals surface area contributed by atoms with E-state index in [0.29, 0.717) is 0 Å². The second-order valence-electron chi connectivity index (χ2n) is 4.46. The molecule has 1 aromatic carbocycles. The molecule has 1 atom stereocenters. The lowest BCUT2D eigenvalue weighted by atomic mass is 9.93. The maximum Gasteiger partial charge on any atom is 0.432 e. The van der Waals surface area contributed by atoms with Gasteiger partial charge in [0.2, 0.25) is 0 Å². The molecule has 128 valence electrons. The van der Waals surface area contributed by atoms with Crippen LogP contribution in [0.4, 0.5) is 23.7 Å². The minimum absolute atomic E-state index is 0.215. The molecule has 0 aliphatic heterocycles. The third-order valence-electron chi connectivity index (χ3n) is 3.20. The molecule has 0 fully saturated rings. The first-order chi connectivity index (χ1) is 10.6. The molecule has 0 aliphatic carbocycles. The molecule has 0 spiro atoms. The van der Waals surface area contributed by atoms with Gasteiger partial charge in [-0.15, -0.1) is 0 Å². The third-order valence-corrected chi connectivity index (χ3v) is 3.20. The van der Waals surface area contributed by atoms with E-state index in [4.69, 9.17) is 0 Å². The molecule has 1 N–H and O–H groups in total. The molecule has 0 saturated heterocycles. The number of carbonyl (C=O) groups excluding carboxylic acids is 2.